The van der Waals surface area contributed by atoms with Crippen molar-refractivity contribution in [2.24, 2.45) is 11.8 Å². The molecule has 2 aromatic carbocycles. The molecule has 5 saturated heterocycles. The first-order valence-electron chi connectivity index (χ1n) is 21.8. The number of aromatic nitrogens is 1. The maximum Gasteiger partial charge on any atom is 0.417 e. The minimum absolute atomic E-state index is 0.140. The molecule has 3 aromatic rings. The van der Waals surface area contributed by atoms with Crippen LogP contribution in [0.3, 0.4) is 0 Å². The highest BCUT2D eigenvalue weighted by Gasteiger charge is 2.40. The first kappa shape index (κ1) is 41.6. The van der Waals surface area contributed by atoms with E-state index in [9.17, 15) is 32.3 Å². The quantitative estimate of drug-likeness (QED) is 0.297. The van der Waals surface area contributed by atoms with Gasteiger partial charge in [-0.1, -0.05) is 6.07 Å². The number of imide groups is 1. The number of alkyl halides is 3. The zero-order valence-electron chi connectivity index (χ0n) is 34.6. The molecule has 1 unspecified atom stereocenters. The number of piperazine rings is 1. The molecule has 9 rings (SSSR count). The third-order valence-electron chi connectivity index (χ3n) is 13.8. The smallest absolute Gasteiger partial charge is 0.371 e. The number of nitriles is 1. The van der Waals surface area contributed by atoms with Crippen molar-refractivity contribution < 1.29 is 32.3 Å². The SMILES string of the molecule is N#Cc1ccc(N2CCC(C(=O)Nc3ccc(N4CCC(CN5CC(N6CCN(c7ccc8c(c7)C(=O)N(C7CCC(=O)NC7=O)C8)CC6)C5)CC4)cn3)CC2)cc1C(F)(F)F. The van der Waals surface area contributed by atoms with Crippen molar-refractivity contribution in [1.29, 1.82) is 5.26 Å². The number of rotatable bonds is 9. The van der Waals surface area contributed by atoms with E-state index in [0.717, 1.165) is 94.7 Å². The Morgan fingerprint density at radius 1 is 0.823 bits per heavy atom. The molecule has 5 fully saturated rings. The topological polar surface area (TPSA) is 148 Å². The number of benzene rings is 2. The molecular weight excluding hydrogens is 802 g/mol. The third kappa shape index (κ3) is 8.67. The minimum Gasteiger partial charge on any atom is -0.371 e. The third-order valence-corrected chi connectivity index (χ3v) is 13.8. The van der Waals surface area contributed by atoms with E-state index in [0.29, 0.717) is 67.9 Å². The summed E-state index contributed by atoms with van der Waals surface area (Å²) in [6.07, 6.45) is 0.988. The summed E-state index contributed by atoms with van der Waals surface area (Å²) in [6, 6.07) is 15.2. The van der Waals surface area contributed by atoms with Gasteiger partial charge >= 0.3 is 6.18 Å². The van der Waals surface area contributed by atoms with Crippen LogP contribution in [0.4, 0.5) is 36.1 Å². The lowest BCUT2D eigenvalue weighted by Crippen LogP contribution is -2.63. The summed E-state index contributed by atoms with van der Waals surface area (Å²) < 4.78 is 40.4. The van der Waals surface area contributed by atoms with Gasteiger partial charge < -0.3 is 24.9 Å². The summed E-state index contributed by atoms with van der Waals surface area (Å²) in [4.78, 5) is 68.3. The molecule has 6 aliphatic heterocycles. The normalized spacial score (nSPS) is 22.4. The van der Waals surface area contributed by atoms with E-state index < -0.39 is 29.3 Å². The van der Waals surface area contributed by atoms with Crippen LogP contribution in [0.1, 0.15) is 65.6 Å². The van der Waals surface area contributed by atoms with Gasteiger partial charge in [0.2, 0.25) is 17.7 Å². The van der Waals surface area contributed by atoms with Crippen LogP contribution in [0.15, 0.2) is 54.7 Å². The minimum atomic E-state index is -4.62. The fourth-order valence-electron chi connectivity index (χ4n) is 10.1. The van der Waals surface area contributed by atoms with Gasteiger partial charge in [0.15, 0.2) is 0 Å². The highest BCUT2D eigenvalue weighted by molar-refractivity contribution is 6.05. The van der Waals surface area contributed by atoms with Crippen molar-refractivity contribution in [2.75, 3.05) is 92.0 Å². The molecular formula is C45H51F3N10O4. The number of nitrogens with zero attached hydrogens (tertiary/aromatic N) is 8. The maximum absolute atomic E-state index is 13.5. The monoisotopic (exact) mass is 852 g/mol. The molecule has 7 heterocycles. The summed E-state index contributed by atoms with van der Waals surface area (Å²) in [7, 11) is 0. The highest BCUT2D eigenvalue weighted by Crippen LogP contribution is 2.36. The van der Waals surface area contributed by atoms with Gasteiger partial charge in [-0.25, -0.2) is 4.98 Å². The van der Waals surface area contributed by atoms with Gasteiger partial charge in [-0.3, -0.25) is 34.3 Å². The Bertz CT molecular complexity index is 2240. The van der Waals surface area contributed by atoms with E-state index in [1.807, 2.05) is 35.4 Å². The molecule has 17 heteroatoms. The number of hydrogen-bond acceptors (Lipinski definition) is 11. The van der Waals surface area contributed by atoms with Crippen LogP contribution >= 0.6 is 0 Å². The molecule has 1 atom stereocenters. The summed E-state index contributed by atoms with van der Waals surface area (Å²) in [5, 5.41) is 14.4. The van der Waals surface area contributed by atoms with E-state index in [-0.39, 0.29) is 30.1 Å². The predicted octanol–water partition coefficient (Wildman–Crippen LogP) is 4.31. The van der Waals surface area contributed by atoms with Gasteiger partial charge in [-0.2, -0.15) is 18.4 Å². The molecule has 2 N–H and O–H groups in total. The summed E-state index contributed by atoms with van der Waals surface area (Å²) >= 11 is 0. The number of anilines is 4. The highest BCUT2D eigenvalue weighted by atomic mass is 19.4. The van der Waals surface area contributed by atoms with Gasteiger partial charge in [-0.15, -0.1) is 0 Å². The molecule has 0 bridgehead atoms. The Kier molecular flexibility index (Phi) is 11.5. The van der Waals surface area contributed by atoms with Gasteiger partial charge in [0, 0.05) is 114 Å². The summed E-state index contributed by atoms with van der Waals surface area (Å²) in [5.74, 6) is -0.124. The van der Waals surface area contributed by atoms with Crippen LogP contribution in [-0.4, -0.2) is 127 Å². The van der Waals surface area contributed by atoms with Crippen molar-refractivity contribution in [3.63, 3.8) is 0 Å². The number of likely N-dealkylation sites (tertiary alicyclic amines) is 1. The molecule has 1 aromatic heterocycles. The van der Waals surface area contributed by atoms with Gasteiger partial charge in [-0.05, 0) is 86.1 Å². The Hall–Kier alpha value is -5.73. The van der Waals surface area contributed by atoms with E-state index in [2.05, 4.69) is 41.3 Å². The molecule has 0 saturated carbocycles. The lowest BCUT2D eigenvalue weighted by Gasteiger charge is -2.49. The first-order chi connectivity index (χ1) is 29.9. The largest absolute Gasteiger partial charge is 0.417 e. The number of nitrogens with one attached hydrogen (secondary N) is 2. The molecule has 0 aliphatic carbocycles. The van der Waals surface area contributed by atoms with Crippen molar-refractivity contribution in [2.45, 2.75) is 63.3 Å². The first-order valence-corrected chi connectivity index (χ1v) is 21.8. The fraction of sp³-hybridized carbons (Fsp3) is 0.511. The number of piperidine rings is 3. The van der Waals surface area contributed by atoms with Gasteiger partial charge in [0.05, 0.1) is 29.1 Å². The number of hydrogen-bond donors (Lipinski definition) is 2. The second-order valence-corrected chi connectivity index (χ2v) is 17.6. The second-order valence-electron chi connectivity index (χ2n) is 17.6. The fourth-order valence-corrected chi connectivity index (χ4v) is 10.1. The lowest BCUT2D eigenvalue weighted by molar-refractivity contribution is -0.138. The summed E-state index contributed by atoms with van der Waals surface area (Å²) in [6.45, 7) is 10.1. The second kappa shape index (κ2) is 17.2. The molecule has 4 amide bonds. The van der Waals surface area contributed by atoms with Crippen LogP contribution in [0.5, 0.6) is 0 Å². The molecule has 326 valence electrons. The molecule has 14 nitrogen and oxygen atoms in total. The number of pyridine rings is 1. The number of carbonyl (C=O) groups is 4. The Morgan fingerprint density at radius 2 is 1.48 bits per heavy atom. The van der Waals surface area contributed by atoms with Crippen LogP contribution in [-0.2, 0) is 27.1 Å². The lowest BCUT2D eigenvalue weighted by atomic mass is 9.93. The molecule has 6 aliphatic rings. The zero-order chi connectivity index (χ0) is 43.1. The van der Waals surface area contributed by atoms with Crippen LogP contribution in [0.25, 0.3) is 0 Å². The van der Waals surface area contributed by atoms with Crippen LogP contribution in [0.2, 0.25) is 0 Å². The molecule has 62 heavy (non-hydrogen) atoms. The van der Waals surface area contributed by atoms with E-state index in [1.54, 1.807) is 11.0 Å². The van der Waals surface area contributed by atoms with Crippen LogP contribution < -0.4 is 25.3 Å². The standard InChI is InChI=1S/C45H51F3N10O4/c46-45(47,48)38-22-34(3-1-31(38)23-49)54-15-11-30(12-16-54)42(60)51-40-7-5-35(24-50-40)55-13-9-29(10-14-55)25-53-27-36(28-53)57-19-17-56(18-20-57)33-4-2-32-26-58(44(62)37(32)21-33)39-6-8-41(59)52-43(39)61/h1-5,7,21-22,24,29-30,36,39H,6,8-20,25-28H2,(H,50,51,60)(H,52,59,61). The van der Waals surface area contributed by atoms with Gasteiger partial charge in [0.25, 0.3) is 5.91 Å². The Morgan fingerprint density at radius 3 is 2.16 bits per heavy atom. The average Bonchev–Trinajstić information content (AvgIpc) is 3.59. The number of amides is 4. The number of fused-ring (bicyclic) bond motifs is 1. The van der Waals surface area contributed by atoms with E-state index in [1.165, 1.54) is 12.1 Å². The average molecular weight is 853 g/mol. The number of carbonyl (C=O) groups excluding carboxylic acids is 4. The van der Waals surface area contributed by atoms with Gasteiger partial charge in [0.1, 0.15) is 11.9 Å². The summed E-state index contributed by atoms with van der Waals surface area (Å²) in [5.41, 5.74) is 2.68. The zero-order valence-corrected chi connectivity index (χ0v) is 34.6. The molecule has 0 radical (unpaired) electrons. The van der Waals surface area contributed by atoms with Crippen molar-refractivity contribution in [3.8, 4) is 6.07 Å². The predicted molar refractivity (Wildman–Crippen MR) is 225 cm³/mol. The van der Waals surface area contributed by atoms with Crippen molar-refractivity contribution >= 4 is 46.5 Å². The van der Waals surface area contributed by atoms with Crippen LogP contribution in [0, 0.1) is 23.2 Å². The molecule has 0 spiro atoms. The Balaban J connectivity index is 0.670. The van der Waals surface area contributed by atoms with Crippen molar-refractivity contribution in [1.82, 2.24) is 25.0 Å². The maximum atomic E-state index is 13.5. The van der Waals surface area contributed by atoms with E-state index >= 15 is 0 Å². The van der Waals surface area contributed by atoms with E-state index in [4.69, 9.17) is 5.26 Å². The van der Waals surface area contributed by atoms with Crippen molar-refractivity contribution in [3.05, 3.63) is 77.0 Å². The number of halogens is 3. The Labute approximate surface area is 358 Å².